The Labute approximate surface area is 140 Å². The highest BCUT2D eigenvalue weighted by Crippen LogP contribution is 2.28. The quantitative estimate of drug-likeness (QED) is 0.859. The molecule has 10 heteroatoms. The second kappa shape index (κ2) is 6.69. The molecule has 122 valence electrons. The van der Waals surface area contributed by atoms with Crippen molar-refractivity contribution in [2.75, 3.05) is 23.7 Å². The summed E-state index contributed by atoms with van der Waals surface area (Å²) in [5.74, 6) is -0.226. The third kappa shape index (κ3) is 4.09. The van der Waals surface area contributed by atoms with Gasteiger partial charge in [0, 0.05) is 31.3 Å². The average molecular weight is 352 g/mol. The molecule has 0 aromatic carbocycles. The van der Waals surface area contributed by atoms with Gasteiger partial charge in [0.15, 0.2) is 5.13 Å². The van der Waals surface area contributed by atoms with Crippen LogP contribution in [0.1, 0.15) is 22.5 Å². The van der Waals surface area contributed by atoms with Crippen molar-refractivity contribution < 1.29 is 9.59 Å². The van der Waals surface area contributed by atoms with Crippen LogP contribution < -0.4 is 10.6 Å². The number of thiazole rings is 1. The molecule has 0 unspecified atom stereocenters. The lowest BCUT2D eigenvalue weighted by Crippen LogP contribution is -2.36. The number of rotatable bonds is 4. The summed E-state index contributed by atoms with van der Waals surface area (Å²) in [4.78, 5) is 30.7. The molecular formula is C13H16N6O2S2. The van der Waals surface area contributed by atoms with Gasteiger partial charge in [0.05, 0.1) is 12.2 Å². The van der Waals surface area contributed by atoms with Gasteiger partial charge in [-0.15, -0.1) is 21.5 Å². The van der Waals surface area contributed by atoms with Crippen molar-refractivity contribution in [3.05, 3.63) is 15.6 Å². The molecule has 0 aliphatic carbocycles. The van der Waals surface area contributed by atoms with Crippen LogP contribution in [0, 0.1) is 6.92 Å². The van der Waals surface area contributed by atoms with Crippen LogP contribution in [0.15, 0.2) is 0 Å². The van der Waals surface area contributed by atoms with Crippen molar-refractivity contribution in [1.82, 2.24) is 20.1 Å². The van der Waals surface area contributed by atoms with E-state index in [-0.39, 0.29) is 11.8 Å². The highest BCUT2D eigenvalue weighted by atomic mass is 32.1. The van der Waals surface area contributed by atoms with E-state index in [1.54, 1.807) is 0 Å². The van der Waals surface area contributed by atoms with Crippen molar-refractivity contribution in [3.8, 4) is 0 Å². The fourth-order valence-electron chi connectivity index (χ4n) is 2.30. The zero-order valence-electron chi connectivity index (χ0n) is 12.8. The van der Waals surface area contributed by atoms with Crippen LogP contribution in [0.2, 0.25) is 0 Å². The molecule has 0 bridgehead atoms. The molecule has 1 aliphatic rings. The summed E-state index contributed by atoms with van der Waals surface area (Å²) in [5, 5.41) is 15.2. The molecule has 0 spiro atoms. The molecule has 0 radical (unpaired) electrons. The molecule has 2 aromatic rings. The topological polar surface area (TPSA) is 100 Å². The number of carbonyl (C=O) groups excluding carboxylic acids is 2. The number of carbonyl (C=O) groups is 2. The van der Waals surface area contributed by atoms with E-state index in [4.69, 9.17) is 0 Å². The van der Waals surface area contributed by atoms with Gasteiger partial charge in [-0.25, -0.2) is 4.98 Å². The van der Waals surface area contributed by atoms with Crippen molar-refractivity contribution in [1.29, 1.82) is 0 Å². The Balaban J connectivity index is 1.57. The van der Waals surface area contributed by atoms with Crippen LogP contribution in [0.25, 0.3) is 0 Å². The first-order chi connectivity index (χ1) is 11.0. The van der Waals surface area contributed by atoms with Crippen molar-refractivity contribution in [2.45, 2.75) is 26.8 Å². The fourth-order valence-corrected chi connectivity index (χ4v) is 4.00. The second-order valence-corrected chi connectivity index (χ2v) is 7.47. The number of hydrogen-bond acceptors (Lipinski definition) is 8. The molecular weight excluding hydrogens is 336 g/mol. The van der Waals surface area contributed by atoms with Crippen LogP contribution in [0.4, 0.5) is 10.3 Å². The molecule has 8 nitrogen and oxygen atoms in total. The minimum Gasteiger partial charge on any atom is -0.302 e. The molecule has 0 saturated carbocycles. The number of nitrogens with one attached hydrogen (secondary N) is 2. The van der Waals surface area contributed by atoms with Crippen molar-refractivity contribution >= 4 is 44.8 Å². The maximum Gasteiger partial charge on any atom is 0.240 e. The Morgan fingerprint density at radius 1 is 1.22 bits per heavy atom. The first-order valence-corrected chi connectivity index (χ1v) is 8.71. The zero-order valence-corrected chi connectivity index (χ0v) is 14.4. The van der Waals surface area contributed by atoms with Crippen molar-refractivity contribution in [3.63, 3.8) is 0 Å². The summed E-state index contributed by atoms with van der Waals surface area (Å²) in [6.45, 7) is 5.03. The predicted molar refractivity (Wildman–Crippen MR) is 88.7 cm³/mol. The maximum atomic E-state index is 12.1. The van der Waals surface area contributed by atoms with Gasteiger partial charge in [-0.1, -0.05) is 11.3 Å². The smallest absolute Gasteiger partial charge is 0.240 e. The second-order valence-electron chi connectivity index (χ2n) is 5.21. The Hall–Kier alpha value is -1.91. The van der Waals surface area contributed by atoms with Gasteiger partial charge in [-0.05, 0) is 6.92 Å². The summed E-state index contributed by atoms with van der Waals surface area (Å²) in [7, 11) is 0. The van der Waals surface area contributed by atoms with E-state index in [2.05, 4.69) is 30.7 Å². The van der Waals surface area contributed by atoms with Gasteiger partial charge in [-0.2, -0.15) is 0 Å². The number of nitrogens with zero attached hydrogens (tertiary/aromatic N) is 4. The van der Waals surface area contributed by atoms with Gasteiger partial charge in [-0.3, -0.25) is 19.8 Å². The minimum atomic E-state index is -0.125. The van der Waals surface area contributed by atoms with Crippen molar-refractivity contribution in [2.24, 2.45) is 0 Å². The number of aromatic nitrogens is 3. The number of hydrogen-bond donors (Lipinski definition) is 2. The lowest BCUT2D eigenvalue weighted by Gasteiger charge is -2.24. The zero-order chi connectivity index (χ0) is 16.4. The first-order valence-electron chi connectivity index (χ1n) is 7.08. The first kappa shape index (κ1) is 16.0. The van der Waals surface area contributed by atoms with Gasteiger partial charge in [0.25, 0.3) is 0 Å². The van der Waals surface area contributed by atoms with E-state index in [1.165, 1.54) is 29.6 Å². The van der Waals surface area contributed by atoms with E-state index in [1.807, 2.05) is 6.92 Å². The van der Waals surface area contributed by atoms with Gasteiger partial charge < -0.3 is 5.32 Å². The van der Waals surface area contributed by atoms with Crippen LogP contribution in [-0.4, -0.2) is 45.0 Å². The monoisotopic (exact) mass is 352 g/mol. The normalized spacial score (nSPS) is 14.3. The predicted octanol–water partition coefficient (Wildman–Crippen LogP) is 1.26. The average Bonchev–Trinajstić information content (AvgIpc) is 3.03. The van der Waals surface area contributed by atoms with E-state index in [0.717, 1.165) is 28.5 Å². The standard InChI is InChI=1S/C13H16N6O2S2/c1-7(20)14-12-15-9-3-4-19(5-10(9)23-12)6-11(21)16-13-18-17-8(2)22-13/h3-6H2,1-2H3,(H,14,15,20)(H,16,18,21). The Bertz CT molecular complexity index is 741. The summed E-state index contributed by atoms with van der Waals surface area (Å²) < 4.78 is 0. The highest BCUT2D eigenvalue weighted by molar-refractivity contribution is 7.16. The minimum absolute atomic E-state index is 0.101. The van der Waals surface area contributed by atoms with Crippen LogP contribution in [0.5, 0.6) is 0 Å². The largest absolute Gasteiger partial charge is 0.302 e. The SMILES string of the molecule is CC(=O)Nc1nc2c(s1)CN(CC(=O)Nc1nnc(C)s1)CC2. The molecule has 2 amide bonds. The lowest BCUT2D eigenvalue weighted by atomic mass is 10.2. The lowest BCUT2D eigenvalue weighted by molar-refractivity contribution is -0.117. The third-order valence-corrected chi connectivity index (χ3v) is 4.98. The molecule has 2 aromatic heterocycles. The summed E-state index contributed by atoms with van der Waals surface area (Å²) >= 11 is 2.82. The Morgan fingerprint density at radius 3 is 2.74 bits per heavy atom. The summed E-state index contributed by atoms with van der Waals surface area (Å²) in [6.07, 6.45) is 0.774. The van der Waals surface area contributed by atoms with Gasteiger partial charge >= 0.3 is 0 Å². The van der Waals surface area contributed by atoms with Gasteiger partial charge in [0.2, 0.25) is 16.9 Å². The highest BCUT2D eigenvalue weighted by Gasteiger charge is 2.22. The molecule has 0 atom stereocenters. The maximum absolute atomic E-state index is 12.1. The molecule has 1 aliphatic heterocycles. The number of aryl methyl sites for hydroxylation is 1. The van der Waals surface area contributed by atoms with Crippen LogP contribution in [-0.2, 0) is 22.6 Å². The summed E-state index contributed by atoms with van der Waals surface area (Å²) in [6, 6.07) is 0. The fraction of sp³-hybridized carbons (Fsp3) is 0.462. The molecule has 3 rings (SSSR count). The van der Waals surface area contributed by atoms with E-state index in [9.17, 15) is 9.59 Å². The molecule has 3 heterocycles. The molecule has 2 N–H and O–H groups in total. The summed E-state index contributed by atoms with van der Waals surface area (Å²) in [5.41, 5.74) is 1.01. The Morgan fingerprint density at radius 2 is 2.04 bits per heavy atom. The number of anilines is 2. The molecule has 0 fully saturated rings. The van der Waals surface area contributed by atoms with E-state index in [0.29, 0.717) is 23.4 Å². The number of fused-ring (bicyclic) bond motifs is 1. The number of amides is 2. The molecule has 0 saturated heterocycles. The third-order valence-electron chi connectivity index (χ3n) is 3.23. The van der Waals surface area contributed by atoms with Crippen LogP contribution >= 0.6 is 22.7 Å². The van der Waals surface area contributed by atoms with Crippen LogP contribution in [0.3, 0.4) is 0 Å². The molecule has 23 heavy (non-hydrogen) atoms. The van der Waals surface area contributed by atoms with Gasteiger partial charge in [0.1, 0.15) is 5.01 Å². The van der Waals surface area contributed by atoms with E-state index >= 15 is 0 Å². The van der Waals surface area contributed by atoms with E-state index < -0.39 is 0 Å². The Kier molecular flexibility index (Phi) is 4.64.